The lowest BCUT2D eigenvalue weighted by atomic mass is 9.94. The van der Waals surface area contributed by atoms with E-state index >= 15 is 0 Å². The van der Waals surface area contributed by atoms with Crippen LogP contribution in [0.3, 0.4) is 0 Å². The molecular weight excluding hydrogens is 232 g/mol. The monoisotopic (exact) mass is 249 g/mol. The number of hydrogen-bond donors (Lipinski definition) is 1. The van der Waals surface area contributed by atoms with E-state index in [0.29, 0.717) is 6.61 Å². The molecule has 0 aliphatic carbocycles. The van der Waals surface area contributed by atoms with E-state index in [9.17, 15) is 13.6 Å². The highest BCUT2D eigenvalue weighted by molar-refractivity contribution is 5.79. The molecule has 0 saturated carbocycles. The highest BCUT2D eigenvalue weighted by atomic mass is 19.3. The van der Waals surface area contributed by atoms with Crippen molar-refractivity contribution in [3.8, 4) is 0 Å². The topological polar surface area (TPSA) is 47.6 Å². The van der Waals surface area contributed by atoms with Crippen molar-refractivity contribution in [1.82, 2.24) is 5.32 Å². The lowest BCUT2D eigenvalue weighted by Crippen LogP contribution is -2.50. The standard InChI is InChI=1S/C11H17F2NO3/c1-7-10(2,3-4-16-7)14-6-8-5-11(12,13)9(15)17-8/h7-8,14H,3-6H2,1-2H3. The van der Waals surface area contributed by atoms with Crippen LogP contribution in [0.5, 0.6) is 0 Å². The van der Waals surface area contributed by atoms with Crippen molar-refractivity contribution < 1.29 is 23.0 Å². The Morgan fingerprint density at radius 3 is 2.71 bits per heavy atom. The Morgan fingerprint density at radius 2 is 2.24 bits per heavy atom. The van der Waals surface area contributed by atoms with Crippen LogP contribution in [0.4, 0.5) is 8.78 Å². The number of hydrogen-bond acceptors (Lipinski definition) is 4. The molecule has 4 nitrogen and oxygen atoms in total. The zero-order chi connectivity index (χ0) is 12.7. The van der Waals surface area contributed by atoms with Crippen molar-refractivity contribution in [1.29, 1.82) is 0 Å². The van der Waals surface area contributed by atoms with Crippen LogP contribution in [0.1, 0.15) is 26.7 Å². The number of esters is 1. The van der Waals surface area contributed by atoms with Gasteiger partial charge in [0.25, 0.3) is 0 Å². The Hall–Kier alpha value is -0.750. The van der Waals surface area contributed by atoms with Gasteiger partial charge in [0, 0.05) is 18.7 Å². The number of halogens is 2. The molecule has 0 aromatic heterocycles. The molecule has 0 aromatic rings. The summed E-state index contributed by atoms with van der Waals surface area (Å²) in [6, 6.07) is 0. The van der Waals surface area contributed by atoms with Crippen molar-refractivity contribution >= 4 is 5.97 Å². The fraction of sp³-hybridized carbons (Fsp3) is 0.909. The summed E-state index contributed by atoms with van der Waals surface area (Å²) in [5, 5.41) is 3.17. The summed E-state index contributed by atoms with van der Waals surface area (Å²) in [5.74, 6) is -4.74. The molecule has 6 heteroatoms. The summed E-state index contributed by atoms with van der Waals surface area (Å²) < 4.78 is 35.9. The van der Waals surface area contributed by atoms with E-state index in [4.69, 9.17) is 4.74 Å². The number of carbonyl (C=O) groups excluding carboxylic acids is 1. The van der Waals surface area contributed by atoms with Crippen molar-refractivity contribution in [3.05, 3.63) is 0 Å². The first kappa shape index (κ1) is 12.7. The van der Waals surface area contributed by atoms with E-state index in [1.165, 1.54) is 0 Å². The highest BCUT2D eigenvalue weighted by Crippen LogP contribution is 2.31. The van der Waals surface area contributed by atoms with Crippen LogP contribution < -0.4 is 5.32 Å². The fourth-order valence-electron chi connectivity index (χ4n) is 2.18. The van der Waals surface area contributed by atoms with Gasteiger partial charge in [0.1, 0.15) is 6.10 Å². The van der Waals surface area contributed by atoms with E-state index in [-0.39, 0.29) is 18.2 Å². The molecule has 1 N–H and O–H groups in total. The van der Waals surface area contributed by atoms with Crippen LogP contribution in [0, 0.1) is 0 Å². The minimum Gasteiger partial charge on any atom is -0.456 e. The maximum absolute atomic E-state index is 12.9. The molecule has 0 amide bonds. The lowest BCUT2D eigenvalue weighted by Gasteiger charge is -2.30. The summed E-state index contributed by atoms with van der Waals surface area (Å²) in [6.07, 6.45) is -0.433. The molecule has 2 saturated heterocycles. The fourth-order valence-corrected chi connectivity index (χ4v) is 2.18. The smallest absolute Gasteiger partial charge is 0.377 e. The van der Waals surface area contributed by atoms with Gasteiger partial charge in [-0.25, -0.2) is 4.79 Å². The molecule has 2 rings (SSSR count). The molecule has 2 aliphatic heterocycles. The van der Waals surface area contributed by atoms with Gasteiger partial charge in [0.2, 0.25) is 0 Å². The van der Waals surface area contributed by atoms with Crippen molar-refractivity contribution in [2.24, 2.45) is 0 Å². The zero-order valence-electron chi connectivity index (χ0n) is 9.96. The number of ether oxygens (including phenoxy) is 2. The molecule has 0 aromatic carbocycles. The molecule has 98 valence electrons. The van der Waals surface area contributed by atoms with Gasteiger partial charge in [-0.3, -0.25) is 0 Å². The maximum Gasteiger partial charge on any atom is 0.377 e. The van der Waals surface area contributed by atoms with Gasteiger partial charge in [-0.2, -0.15) is 8.78 Å². The van der Waals surface area contributed by atoms with Crippen LogP contribution in [-0.2, 0) is 14.3 Å². The van der Waals surface area contributed by atoms with Crippen LogP contribution >= 0.6 is 0 Å². The van der Waals surface area contributed by atoms with E-state index in [0.717, 1.165) is 6.42 Å². The molecule has 0 radical (unpaired) electrons. The third-order valence-electron chi connectivity index (χ3n) is 3.68. The van der Waals surface area contributed by atoms with Gasteiger partial charge in [0.05, 0.1) is 12.5 Å². The summed E-state index contributed by atoms with van der Waals surface area (Å²) in [5.41, 5.74) is -0.232. The van der Waals surface area contributed by atoms with E-state index in [1.807, 2.05) is 13.8 Å². The number of carbonyl (C=O) groups is 1. The predicted octanol–water partition coefficient (Wildman–Crippen LogP) is 1.09. The van der Waals surface area contributed by atoms with Gasteiger partial charge >= 0.3 is 11.9 Å². The van der Waals surface area contributed by atoms with Gasteiger partial charge < -0.3 is 14.8 Å². The van der Waals surface area contributed by atoms with Crippen LogP contribution in [0.2, 0.25) is 0 Å². The average Bonchev–Trinajstić information content (AvgIpc) is 2.68. The largest absolute Gasteiger partial charge is 0.456 e. The summed E-state index contributed by atoms with van der Waals surface area (Å²) in [7, 11) is 0. The van der Waals surface area contributed by atoms with Gasteiger partial charge in [-0.1, -0.05) is 0 Å². The predicted molar refractivity (Wildman–Crippen MR) is 55.9 cm³/mol. The molecule has 2 aliphatic rings. The SMILES string of the molecule is CC1OCCC1(C)NCC1CC(F)(F)C(=O)O1. The van der Waals surface area contributed by atoms with Crippen LogP contribution in [-0.4, -0.2) is 42.8 Å². The Kier molecular flexibility index (Phi) is 3.12. The Morgan fingerprint density at radius 1 is 1.53 bits per heavy atom. The second-order valence-electron chi connectivity index (χ2n) is 5.00. The zero-order valence-corrected chi connectivity index (χ0v) is 9.96. The normalized spacial score (nSPS) is 40.6. The van der Waals surface area contributed by atoms with E-state index in [2.05, 4.69) is 10.1 Å². The first-order valence-electron chi connectivity index (χ1n) is 5.79. The van der Waals surface area contributed by atoms with Gasteiger partial charge in [-0.15, -0.1) is 0 Å². The number of nitrogens with one attached hydrogen (secondary N) is 1. The van der Waals surface area contributed by atoms with Gasteiger partial charge in [0.15, 0.2) is 0 Å². The highest BCUT2D eigenvalue weighted by Gasteiger charge is 2.51. The second kappa shape index (κ2) is 4.17. The molecule has 0 spiro atoms. The van der Waals surface area contributed by atoms with Crippen LogP contribution in [0.15, 0.2) is 0 Å². The summed E-state index contributed by atoms with van der Waals surface area (Å²) in [4.78, 5) is 10.8. The number of alkyl halides is 2. The quantitative estimate of drug-likeness (QED) is 0.761. The average molecular weight is 249 g/mol. The molecule has 17 heavy (non-hydrogen) atoms. The molecule has 0 bridgehead atoms. The van der Waals surface area contributed by atoms with Gasteiger partial charge in [-0.05, 0) is 20.3 Å². The Balaban J connectivity index is 1.86. The van der Waals surface area contributed by atoms with E-state index < -0.39 is 24.4 Å². The third-order valence-corrected chi connectivity index (χ3v) is 3.68. The summed E-state index contributed by atoms with van der Waals surface area (Å²) >= 11 is 0. The third kappa shape index (κ3) is 2.42. The molecule has 3 atom stereocenters. The van der Waals surface area contributed by atoms with Crippen molar-refractivity contribution in [2.75, 3.05) is 13.2 Å². The van der Waals surface area contributed by atoms with Crippen molar-refractivity contribution in [2.45, 2.75) is 50.4 Å². The minimum atomic E-state index is -3.33. The van der Waals surface area contributed by atoms with E-state index in [1.54, 1.807) is 0 Å². The molecule has 3 unspecified atom stereocenters. The Labute approximate surface area is 98.6 Å². The molecular formula is C11H17F2NO3. The minimum absolute atomic E-state index is 0.0279. The first-order chi connectivity index (χ1) is 7.83. The van der Waals surface area contributed by atoms with Crippen molar-refractivity contribution in [3.63, 3.8) is 0 Å². The molecule has 2 heterocycles. The number of rotatable bonds is 3. The number of cyclic esters (lactones) is 1. The molecule has 2 fully saturated rings. The first-order valence-corrected chi connectivity index (χ1v) is 5.79. The second-order valence-corrected chi connectivity index (χ2v) is 5.00. The Bertz CT molecular complexity index is 324. The lowest BCUT2D eigenvalue weighted by molar-refractivity contribution is -0.159. The van der Waals surface area contributed by atoms with Crippen LogP contribution in [0.25, 0.3) is 0 Å². The summed E-state index contributed by atoms with van der Waals surface area (Å²) in [6.45, 7) is 4.83. The maximum atomic E-state index is 12.9.